The largest absolute Gasteiger partial charge is 0.457 e. The van der Waals surface area contributed by atoms with Gasteiger partial charge in [-0.3, -0.25) is 0 Å². The van der Waals surface area contributed by atoms with E-state index in [1.807, 2.05) is 0 Å². The molecule has 1 unspecified atom stereocenters. The van der Waals surface area contributed by atoms with Crippen molar-refractivity contribution in [2.45, 2.75) is 56.0 Å². The minimum Gasteiger partial charge on any atom is -0.457 e. The summed E-state index contributed by atoms with van der Waals surface area (Å²) in [6.07, 6.45) is 1.86. The number of sulfone groups is 1. The van der Waals surface area contributed by atoms with Crippen LogP contribution in [0.4, 0.5) is 4.39 Å². The molecule has 9 heteroatoms. The molecule has 1 heterocycles. The first-order chi connectivity index (χ1) is 13.4. The third kappa shape index (κ3) is 5.17. The van der Waals surface area contributed by atoms with Gasteiger partial charge >= 0.3 is 5.97 Å². The molecule has 2 aliphatic rings. The molecule has 0 N–H and O–H groups in total. The Morgan fingerprint density at radius 2 is 1.97 bits per heavy atom. The van der Waals surface area contributed by atoms with Crippen LogP contribution in [0.1, 0.15) is 39.2 Å². The van der Waals surface area contributed by atoms with Crippen molar-refractivity contribution < 1.29 is 31.8 Å². The molecule has 1 aliphatic heterocycles. The SMILES string of the molecule is CC(C)(C)OC(=O)C1=CC2(CCC1S(=O)(=O)Cc1ccc(F)cc1Cl)OCCO2. The highest BCUT2D eigenvalue weighted by Gasteiger charge is 2.46. The molecule has 6 nitrogen and oxygen atoms in total. The van der Waals surface area contributed by atoms with Crippen LogP contribution in [0.5, 0.6) is 0 Å². The number of rotatable bonds is 4. The van der Waals surface area contributed by atoms with Gasteiger partial charge in [0.15, 0.2) is 15.6 Å². The Kier molecular flexibility index (Phi) is 6.11. The molecule has 0 aromatic heterocycles. The first kappa shape index (κ1) is 22.2. The average molecular weight is 447 g/mol. The van der Waals surface area contributed by atoms with E-state index >= 15 is 0 Å². The van der Waals surface area contributed by atoms with E-state index in [2.05, 4.69) is 0 Å². The number of hydrogen-bond donors (Lipinski definition) is 0. The van der Waals surface area contributed by atoms with Crippen LogP contribution >= 0.6 is 11.6 Å². The Balaban J connectivity index is 1.95. The van der Waals surface area contributed by atoms with Gasteiger partial charge in [-0.05, 0) is 51.0 Å². The van der Waals surface area contributed by atoms with Crippen molar-refractivity contribution in [2.75, 3.05) is 13.2 Å². The van der Waals surface area contributed by atoms with Crippen molar-refractivity contribution >= 4 is 27.4 Å². The summed E-state index contributed by atoms with van der Waals surface area (Å²) in [5, 5.41) is -1.08. The van der Waals surface area contributed by atoms with E-state index in [0.29, 0.717) is 19.6 Å². The molecule has 0 amide bonds. The van der Waals surface area contributed by atoms with Gasteiger partial charge in [0, 0.05) is 11.4 Å². The topological polar surface area (TPSA) is 78.9 Å². The van der Waals surface area contributed by atoms with Crippen LogP contribution in [0.3, 0.4) is 0 Å². The summed E-state index contributed by atoms with van der Waals surface area (Å²) in [7, 11) is -3.85. The monoisotopic (exact) mass is 446 g/mol. The van der Waals surface area contributed by atoms with E-state index < -0.39 is 44.0 Å². The second-order valence-corrected chi connectivity index (χ2v) is 10.8. The van der Waals surface area contributed by atoms with Crippen molar-refractivity contribution in [3.05, 3.63) is 46.3 Å². The lowest BCUT2D eigenvalue weighted by Crippen LogP contribution is -2.42. The summed E-state index contributed by atoms with van der Waals surface area (Å²) >= 11 is 6.01. The number of esters is 1. The smallest absolute Gasteiger partial charge is 0.335 e. The fourth-order valence-corrected chi connectivity index (χ4v) is 5.67. The number of ether oxygens (including phenoxy) is 3. The van der Waals surface area contributed by atoms with Crippen molar-refractivity contribution in [3.63, 3.8) is 0 Å². The van der Waals surface area contributed by atoms with Crippen molar-refractivity contribution in [2.24, 2.45) is 0 Å². The van der Waals surface area contributed by atoms with E-state index in [-0.39, 0.29) is 22.6 Å². The van der Waals surface area contributed by atoms with Gasteiger partial charge in [0.25, 0.3) is 0 Å². The van der Waals surface area contributed by atoms with Gasteiger partial charge in [0.2, 0.25) is 0 Å². The molecular formula is C20H24ClFO6S. The molecule has 1 fully saturated rings. The van der Waals surface area contributed by atoms with Gasteiger partial charge in [-0.1, -0.05) is 17.7 Å². The summed E-state index contributed by atoms with van der Waals surface area (Å²) in [6.45, 7) is 5.83. The predicted molar refractivity (Wildman–Crippen MR) is 106 cm³/mol. The molecule has 3 rings (SSSR count). The van der Waals surface area contributed by atoms with Gasteiger partial charge in [0.05, 0.1) is 29.8 Å². The van der Waals surface area contributed by atoms with Gasteiger partial charge in [-0.2, -0.15) is 0 Å². The molecule has 160 valence electrons. The fraction of sp³-hybridized carbons (Fsp3) is 0.550. The zero-order valence-electron chi connectivity index (χ0n) is 16.5. The molecule has 0 bridgehead atoms. The minimum atomic E-state index is -3.85. The second kappa shape index (κ2) is 7.98. The molecule has 1 aromatic carbocycles. The van der Waals surface area contributed by atoms with E-state index in [9.17, 15) is 17.6 Å². The highest BCUT2D eigenvalue weighted by atomic mass is 35.5. The van der Waals surface area contributed by atoms with E-state index in [1.54, 1.807) is 20.8 Å². The normalized spacial score (nSPS) is 21.8. The Morgan fingerprint density at radius 3 is 2.55 bits per heavy atom. The van der Waals surface area contributed by atoms with Crippen LogP contribution in [0.25, 0.3) is 0 Å². The molecule has 0 radical (unpaired) electrons. The first-order valence-electron chi connectivity index (χ1n) is 9.30. The Labute approximate surface area is 174 Å². The van der Waals surface area contributed by atoms with E-state index in [1.165, 1.54) is 12.1 Å². The lowest BCUT2D eigenvalue weighted by molar-refractivity contribution is -0.153. The van der Waals surface area contributed by atoms with Crippen molar-refractivity contribution in [1.82, 2.24) is 0 Å². The van der Waals surface area contributed by atoms with Crippen LogP contribution in [-0.2, 0) is 34.6 Å². The quantitative estimate of drug-likeness (QED) is 0.658. The van der Waals surface area contributed by atoms with Crippen molar-refractivity contribution in [1.29, 1.82) is 0 Å². The number of carbonyl (C=O) groups excluding carboxylic acids is 1. The molecule has 1 spiro atoms. The molecule has 1 aliphatic carbocycles. The van der Waals surface area contributed by atoms with E-state index in [4.69, 9.17) is 25.8 Å². The maximum Gasteiger partial charge on any atom is 0.335 e. The predicted octanol–water partition coefficient (Wildman–Crippen LogP) is 3.57. The number of hydrogen-bond acceptors (Lipinski definition) is 6. The van der Waals surface area contributed by atoms with Crippen LogP contribution in [0.2, 0.25) is 5.02 Å². The third-order valence-electron chi connectivity index (χ3n) is 4.69. The lowest BCUT2D eigenvalue weighted by atomic mass is 9.94. The van der Waals surface area contributed by atoms with Gasteiger partial charge in [-0.25, -0.2) is 17.6 Å². The molecular weight excluding hydrogens is 423 g/mol. The Morgan fingerprint density at radius 1 is 1.31 bits per heavy atom. The Bertz CT molecular complexity index is 929. The summed E-state index contributed by atoms with van der Waals surface area (Å²) in [5.74, 6) is -2.81. The molecule has 0 saturated carbocycles. The van der Waals surface area contributed by atoms with Gasteiger partial charge < -0.3 is 14.2 Å². The summed E-state index contributed by atoms with van der Waals surface area (Å²) in [4.78, 5) is 12.8. The molecule has 29 heavy (non-hydrogen) atoms. The highest BCUT2D eigenvalue weighted by Crippen LogP contribution is 2.38. The molecule has 1 aromatic rings. The Hall–Kier alpha value is -1.48. The maximum atomic E-state index is 13.3. The van der Waals surface area contributed by atoms with Crippen LogP contribution < -0.4 is 0 Å². The third-order valence-corrected chi connectivity index (χ3v) is 7.12. The molecule has 1 saturated heterocycles. The zero-order valence-corrected chi connectivity index (χ0v) is 18.1. The lowest BCUT2D eigenvalue weighted by Gasteiger charge is -2.34. The van der Waals surface area contributed by atoms with Crippen molar-refractivity contribution in [3.8, 4) is 0 Å². The van der Waals surface area contributed by atoms with Crippen LogP contribution in [0, 0.1) is 5.82 Å². The first-order valence-corrected chi connectivity index (χ1v) is 11.4. The van der Waals surface area contributed by atoms with Crippen LogP contribution in [0.15, 0.2) is 29.8 Å². The second-order valence-electron chi connectivity index (χ2n) is 8.18. The van der Waals surface area contributed by atoms with E-state index in [0.717, 1.165) is 12.1 Å². The highest BCUT2D eigenvalue weighted by molar-refractivity contribution is 7.91. The summed E-state index contributed by atoms with van der Waals surface area (Å²) < 4.78 is 56.4. The van der Waals surface area contributed by atoms with Crippen LogP contribution in [-0.4, -0.2) is 44.2 Å². The van der Waals surface area contributed by atoms with Gasteiger partial charge in [0.1, 0.15) is 11.4 Å². The fourth-order valence-electron chi connectivity index (χ4n) is 3.44. The summed E-state index contributed by atoms with van der Waals surface area (Å²) in [6, 6.07) is 3.55. The number of benzene rings is 1. The standard InChI is InChI=1S/C20H24ClFO6S/c1-19(2,3)28-18(23)15-11-20(26-8-9-27-20)7-6-17(15)29(24,25)12-13-4-5-14(22)10-16(13)21/h4-5,10-11,17H,6-9,12H2,1-3H3. The summed E-state index contributed by atoms with van der Waals surface area (Å²) in [5.41, 5.74) is -0.536. The minimum absolute atomic E-state index is 0.00805. The maximum absolute atomic E-state index is 13.3. The molecule has 1 atom stereocenters. The number of halogens is 2. The van der Waals surface area contributed by atoms with Gasteiger partial charge in [-0.15, -0.1) is 0 Å². The average Bonchev–Trinajstić information content (AvgIpc) is 3.03. The number of carbonyl (C=O) groups is 1. The zero-order chi connectivity index (χ0) is 21.4.